The van der Waals surface area contributed by atoms with Crippen molar-refractivity contribution >= 4 is 44.9 Å². The van der Waals surface area contributed by atoms with Crippen molar-refractivity contribution in [3.05, 3.63) is 51.6 Å². The van der Waals surface area contributed by atoms with Gasteiger partial charge in [-0.25, -0.2) is 0 Å². The van der Waals surface area contributed by atoms with Gasteiger partial charge in [0.05, 0.1) is 10.2 Å². The van der Waals surface area contributed by atoms with E-state index < -0.39 is 11.5 Å². The van der Waals surface area contributed by atoms with Gasteiger partial charge in [0.25, 0.3) is 11.5 Å². The highest BCUT2D eigenvalue weighted by Gasteiger charge is 2.22. The number of aromatic hydroxyl groups is 1. The zero-order valence-electron chi connectivity index (χ0n) is 13.2. The fourth-order valence-corrected chi connectivity index (χ4v) is 3.87. The van der Waals surface area contributed by atoms with Crippen LogP contribution in [0.15, 0.2) is 45.4 Å². The fourth-order valence-electron chi connectivity index (χ4n) is 2.56. The second-order valence-corrected chi connectivity index (χ2v) is 6.89. The first-order chi connectivity index (χ1) is 11.6. The predicted molar refractivity (Wildman–Crippen MR) is 99.6 cm³/mol. The number of nitrogens with one attached hydrogen (secondary N) is 1. The molecular formula is C17H16N2O3S2. The third-order valence-electron chi connectivity index (χ3n) is 3.72. The molecule has 0 spiro atoms. The second kappa shape index (κ2) is 6.70. The second-order valence-electron chi connectivity index (χ2n) is 5.09. The molecule has 0 aliphatic heterocycles. The lowest BCUT2D eigenvalue weighted by molar-refractivity contribution is 0.102. The standard InChI is InChI=1S/C17H16N2O3S2/c1-3-19-12-7-8-24-15(12)14(20)13(17(19)22)16(21)18-10-5-4-6-11(9-10)23-2/h4-9,20H,3H2,1-2H3,(H,18,21). The van der Waals surface area contributed by atoms with E-state index in [4.69, 9.17) is 0 Å². The average Bonchev–Trinajstić information content (AvgIpc) is 3.05. The summed E-state index contributed by atoms with van der Waals surface area (Å²) >= 11 is 2.86. The number of anilines is 1. The Balaban J connectivity index is 2.08. The molecule has 3 rings (SSSR count). The Labute approximate surface area is 146 Å². The molecule has 0 saturated carbocycles. The Hall–Kier alpha value is -2.25. The summed E-state index contributed by atoms with van der Waals surface area (Å²) in [5.74, 6) is -0.860. The summed E-state index contributed by atoms with van der Waals surface area (Å²) in [4.78, 5) is 26.2. The van der Waals surface area contributed by atoms with Crippen LogP contribution in [0.5, 0.6) is 5.75 Å². The first-order valence-electron chi connectivity index (χ1n) is 7.35. The van der Waals surface area contributed by atoms with Crippen LogP contribution in [0.25, 0.3) is 10.2 Å². The number of benzene rings is 1. The molecule has 0 fully saturated rings. The van der Waals surface area contributed by atoms with Crippen molar-refractivity contribution in [1.82, 2.24) is 4.57 Å². The van der Waals surface area contributed by atoms with Gasteiger partial charge in [-0.05, 0) is 42.8 Å². The van der Waals surface area contributed by atoms with E-state index in [0.29, 0.717) is 22.4 Å². The SMILES string of the molecule is CCn1c(=O)c(C(=O)Nc2cccc(SC)c2)c(O)c2sccc21. The van der Waals surface area contributed by atoms with Crippen LogP contribution in [0.3, 0.4) is 0 Å². The maximum atomic E-state index is 12.6. The molecule has 1 aromatic carbocycles. The Morgan fingerprint density at radius 1 is 1.38 bits per heavy atom. The maximum Gasteiger partial charge on any atom is 0.267 e. The lowest BCUT2D eigenvalue weighted by Gasteiger charge is -2.11. The molecule has 5 nitrogen and oxygen atoms in total. The first-order valence-corrected chi connectivity index (χ1v) is 9.45. The van der Waals surface area contributed by atoms with E-state index in [1.165, 1.54) is 15.9 Å². The van der Waals surface area contributed by atoms with Crippen LogP contribution < -0.4 is 10.9 Å². The summed E-state index contributed by atoms with van der Waals surface area (Å²) in [7, 11) is 0. The number of hydrogen-bond donors (Lipinski definition) is 2. The predicted octanol–water partition coefficient (Wildman–Crippen LogP) is 3.76. The molecule has 7 heteroatoms. The number of rotatable bonds is 4. The number of nitrogens with zero attached hydrogens (tertiary/aromatic N) is 1. The van der Waals surface area contributed by atoms with Crippen molar-refractivity contribution in [2.75, 3.05) is 11.6 Å². The van der Waals surface area contributed by atoms with Crippen molar-refractivity contribution in [3.63, 3.8) is 0 Å². The molecule has 24 heavy (non-hydrogen) atoms. The molecule has 2 heterocycles. The lowest BCUT2D eigenvalue weighted by atomic mass is 10.2. The Morgan fingerprint density at radius 2 is 2.17 bits per heavy atom. The number of aromatic nitrogens is 1. The van der Waals surface area contributed by atoms with Crippen LogP contribution in [0.1, 0.15) is 17.3 Å². The number of fused-ring (bicyclic) bond motifs is 1. The van der Waals surface area contributed by atoms with Gasteiger partial charge in [0, 0.05) is 17.1 Å². The van der Waals surface area contributed by atoms with E-state index in [9.17, 15) is 14.7 Å². The molecule has 0 atom stereocenters. The van der Waals surface area contributed by atoms with Crippen LogP contribution in [-0.4, -0.2) is 21.8 Å². The third-order valence-corrected chi connectivity index (χ3v) is 5.35. The number of hydrogen-bond acceptors (Lipinski definition) is 5. The van der Waals surface area contributed by atoms with Gasteiger partial charge in [0.1, 0.15) is 5.56 Å². The molecule has 0 aliphatic carbocycles. The zero-order chi connectivity index (χ0) is 17.3. The number of carbonyl (C=O) groups is 1. The zero-order valence-corrected chi connectivity index (χ0v) is 14.8. The highest BCUT2D eigenvalue weighted by atomic mass is 32.2. The van der Waals surface area contributed by atoms with Gasteiger partial charge in [0.2, 0.25) is 0 Å². The molecule has 2 aromatic heterocycles. The molecule has 3 aromatic rings. The fraction of sp³-hybridized carbons (Fsp3) is 0.176. The largest absolute Gasteiger partial charge is 0.505 e. The van der Waals surface area contributed by atoms with E-state index in [1.807, 2.05) is 31.4 Å². The molecule has 0 aliphatic rings. The minimum atomic E-state index is -0.603. The molecule has 2 N–H and O–H groups in total. The molecule has 1 amide bonds. The van der Waals surface area contributed by atoms with E-state index in [1.54, 1.807) is 29.3 Å². The van der Waals surface area contributed by atoms with Crippen molar-refractivity contribution in [2.24, 2.45) is 0 Å². The number of pyridine rings is 1. The smallest absolute Gasteiger partial charge is 0.267 e. The van der Waals surface area contributed by atoms with E-state index >= 15 is 0 Å². The molecule has 0 unspecified atom stereocenters. The minimum Gasteiger partial charge on any atom is -0.505 e. The van der Waals surface area contributed by atoms with Crippen molar-refractivity contribution in [1.29, 1.82) is 0 Å². The van der Waals surface area contributed by atoms with Crippen LogP contribution in [0.4, 0.5) is 5.69 Å². The number of aryl methyl sites for hydroxylation is 1. The molecule has 0 bridgehead atoms. The average molecular weight is 360 g/mol. The number of thiophene rings is 1. The van der Waals surface area contributed by atoms with Gasteiger partial charge in [0.15, 0.2) is 5.75 Å². The van der Waals surface area contributed by atoms with Crippen molar-refractivity contribution in [2.45, 2.75) is 18.4 Å². The Morgan fingerprint density at radius 3 is 2.88 bits per heavy atom. The normalized spacial score (nSPS) is 10.9. The number of carbonyl (C=O) groups excluding carboxylic acids is 1. The summed E-state index contributed by atoms with van der Waals surface area (Å²) in [5, 5.41) is 14.9. The van der Waals surface area contributed by atoms with Gasteiger partial charge in [-0.2, -0.15) is 0 Å². The van der Waals surface area contributed by atoms with Crippen molar-refractivity contribution < 1.29 is 9.90 Å². The van der Waals surface area contributed by atoms with Crippen LogP contribution in [0.2, 0.25) is 0 Å². The number of thioether (sulfide) groups is 1. The quantitative estimate of drug-likeness (QED) is 0.695. The van der Waals surface area contributed by atoms with Crippen LogP contribution in [-0.2, 0) is 6.54 Å². The van der Waals surface area contributed by atoms with Crippen molar-refractivity contribution in [3.8, 4) is 5.75 Å². The highest BCUT2D eigenvalue weighted by molar-refractivity contribution is 7.98. The minimum absolute atomic E-state index is 0.221. The van der Waals surface area contributed by atoms with E-state index in [2.05, 4.69) is 5.32 Å². The maximum absolute atomic E-state index is 12.6. The Bertz CT molecular complexity index is 976. The van der Waals surface area contributed by atoms with Gasteiger partial charge in [-0.15, -0.1) is 23.1 Å². The first kappa shape index (κ1) is 16.6. The molecule has 0 radical (unpaired) electrons. The van der Waals surface area contributed by atoms with E-state index in [-0.39, 0.29) is 11.3 Å². The van der Waals surface area contributed by atoms with Gasteiger partial charge in [-0.3, -0.25) is 9.59 Å². The summed E-state index contributed by atoms with van der Waals surface area (Å²) in [6, 6.07) is 9.10. The topological polar surface area (TPSA) is 71.3 Å². The Kier molecular flexibility index (Phi) is 4.64. The van der Waals surface area contributed by atoms with E-state index in [0.717, 1.165) is 4.90 Å². The molecule has 124 valence electrons. The molecule has 0 saturated heterocycles. The summed E-state index contributed by atoms with van der Waals surface area (Å²) in [6.45, 7) is 2.26. The summed E-state index contributed by atoms with van der Waals surface area (Å²) < 4.78 is 2.04. The van der Waals surface area contributed by atoms with Gasteiger partial charge < -0.3 is 15.0 Å². The van der Waals surface area contributed by atoms with Gasteiger partial charge >= 0.3 is 0 Å². The van der Waals surface area contributed by atoms with Crippen LogP contribution >= 0.6 is 23.1 Å². The van der Waals surface area contributed by atoms with Crippen LogP contribution in [0, 0.1) is 0 Å². The summed E-state index contributed by atoms with van der Waals surface area (Å²) in [6.07, 6.45) is 1.94. The lowest BCUT2D eigenvalue weighted by Crippen LogP contribution is -2.29. The highest BCUT2D eigenvalue weighted by Crippen LogP contribution is 2.31. The van der Waals surface area contributed by atoms with Gasteiger partial charge in [-0.1, -0.05) is 6.07 Å². The third kappa shape index (κ3) is 2.81. The molecular weight excluding hydrogens is 344 g/mol. The number of amides is 1. The monoisotopic (exact) mass is 360 g/mol. The summed E-state index contributed by atoms with van der Waals surface area (Å²) in [5.41, 5.74) is 0.520.